The van der Waals surface area contributed by atoms with E-state index in [1.165, 1.54) is 0 Å². The Morgan fingerprint density at radius 3 is 2.74 bits per heavy atom. The second-order valence-electron chi connectivity index (χ2n) is 6.33. The maximum absolute atomic E-state index is 12.3. The summed E-state index contributed by atoms with van der Waals surface area (Å²) in [6.45, 7) is 2.59. The number of nitrogens with one attached hydrogen (secondary N) is 2. The van der Waals surface area contributed by atoms with Crippen LogP contribution in [0.25, 0.3) is 0 Å². The summed E-state index contributed by atoms with van der Waals surface area (Å²) in [5, 5.41) is 5.87. The van der Waals surface area contributed by atoms with Gasteiger partial charge in [-0.15, -0.1) is 0 Å². The summed E-state index contributed by atoms with van der Waals surface area (Å²) in [6, 6.07) is 1.72. The number of aromatic nitrogens is 2. The van der Waals surface area contributed by atoms with E-state index in [0.29, 0.717) is 31.8 Å². The summed E-state index contributed by atoms with van der Waals surface area (Å²) in [4.78, 5) is 20.6. The molecule has 0 bridgehead atoms. The molecular formula is C17H25F3N4O2S. The molecule has 1 fully saturated rings. The largest absolute Gasteiger partial charge is 0.441 e. The highest BCUT2D eigenvalue weighted by Gasteiger charge is 2.35. The minimum Gasteiger partial charge on any atom is -0.376 e. The van der Waals surface area contributed by atoms with Crippen molar-refractivity contribution in [2.75, 3.05) is 24.2 Å². The summed E-state index contributed by atoms with van der Waals surface area (Å²) in [6.07, 6.45) is 5.82. The van der Waals surface area contributed by atoms with Crippen molar-refractivity contribution in [3.05, 3.63) is 18.5 Å². The summed E-state index contributed by atoms with van der Waals surface area (Å²) >= 11 is -0.128. The van der Waals surface area contributed by atoms with Gasteiger partial charge >= 0.3 is 5.51 Å². The number of anilines is 1. The molecule has 1 aromatic heterocycles. The number of amides is 1. The van der Waals surface area contributed by atoms with Crippen molar-refractivity contribution in [3.8, 4) is 0 Å². The average Bonchev–Trinajstić information content (AvgIpc) is 2.64. The summed E-state index contributed by atoms with van der Waals surface area (Å²) in [5.74, 6) is -0.151. The summed E-state index contributed by atoms with van der Waals surface area (Å²) in [7, 11) is 0. The fourth-order valence-corrected chi connectivity index (χ4v) is 3.45. The molecule has 0 spiro atoms. The van der Waals surface area contributed by atoms with Crippen LogP contribution in [0.4, 0.5) is 19.1 Å². The Balaban J connectivity index is 1.85. The van der Waals surface area contributed by atoms with Gasteiger partial charge in [0.2, 0.25) is 11.9 Å². The van der Waals surface area contributed by atoms with Crippen LogP contribution in [-0.2, 0) is 9.53 Å². The number of nitrogens with zero attached hydrogens (tertiary/aromatic N) is 2. The third kappa shape index (κ3) is 7.92. The monoisotopic (exact) mass is 406 g/mol. The smallest absolute Gasteiger partial charge is 0.376 e. The maximum Gasteiger partial charge on any atom is 0.441 e. The van der Waals surface area contributed by atoms with Gasteiger partial charge in [0.1, 0.15) is 0 Å². The van der Waals surface area contributed by atoms with E-state index in [2.05, 4.69) is 20.6 Å². The van der Waals surface area contributed by atoms with Crippen LogP contribution in [0.5, 0.6) is 0 Å². The van der Waals surface area contributed by atoms with E-state index in [9.17, 15) is 18.0 Å². The molecule has 10 heteroatoms. The number of hydrogen-bond acceptors (Lipinski definition) is 6. The van der Waals surface area contributed by atoms with Crippen molar-refractivity contribution in [1.29, 1.82) is 0 Å². The molecule has 6 nitrogen and oxygen atoms in total. The lowest BCUT2D eigenvalue weighted by atomic mass is 9.83. The number of halogens is 3. The SMILES string of the molecule is CCCO[C@H]1C[C@@H](C(=O)NCCSC(F)(F)F)CC[C@@H]1Nc1ncccn1. The van der Waals surface area contributed by atoms with Crippen molar-refractivity contribution in [2.24, 2.45) is 5.92 Å². The topological polar surface area (TPSA) is 76.1 Å². The number of rotatable bonds is 9. The fraction of sp³-hybridized carbons (Fsp3) is 0.706. The van der Waals surface area contributed by atoms with Gasteiger partial charge in [-0.3, -0.25) is 4.79 Å². The number of thioether (sulfide) groups is 1. The molecule has 2 rings (SSSR count). The van der Waals surface area contributed by atoms with Gasteiger partial charge in [-0.1, -0.05) is 6.92 Å². The zero-order valence-electron chi connectivity index (χ0n) is 15.2. The van der Waals surface area contributed by atoms with E-state index in [-0.39, 0.29) is 48.0 Å². The fourth-order valence-electron chi connectivity index (χ4n) is 3.01. The highest BCUT2D eigenvalue weighted by atomic mass is 32.2. The lowest BCUT2D eigenvalue weighted by Gasteiger charge is -2.35. The minimum atomic E-state index is -4.27. The van der Waals surface area contributed by atoms with Crippen LogP contribution in [-0.4, -0.2) is 52.4 Å². The highest BCUT2D eigenvalue weighted by molar-refractivity contribution is 8.00. The van der Waals surface area contributed by atoms with Crippen LogP contribution in [0.3, 0.4) is 0 Å². The molecular weight excluding hydrogens is 381 g/mol. The molecule has 2 N–H and O–H groups in total. The van der Waals surface area contributed by atoms with E-state index in [0.717, 1.165) is 6.42 Å². The first-order valence-corrected chi connectivity index (χ1v) is 10.0. The van der Waals surface area contributed by atoms with Gasteiger partial charge < -0.3 is 15.4 Å². The average molecular weight is 406 g/mol. The van der Waals surface area contributed by atoms with Crippen LogP contribution in [0, 0.1) is 5.92 Å². The van der Waals surface area contributed by atoms with Crippen LogP contribution in [0.15, 0.2) is 18.5 Å². The molecule has 1 saturated carbocycles. The lowest BCUT2D eigenvalue weighted by Crippen LogP contribution is -2.45. The van der Waals surface area contributed by atoms with Crippen molar-refractivity contribution in [3.63, 3.8) is 0 Å². The van der Waals surface area contributed by atoms with Crippen LogP contribution >= 0.6 is 11.8 Å². The number of hydrogen-bond donors (Lipinski definition) is 2. The first-order valence-electron chi connectivity index (χ1n) is 9.02. The van der Waals surface area contributed by atoms with Crippen molar-refractivity contribution in [2.45, 2.75) is 50.3 Å². The van der Waals surface area contributed by atoms with Gasteiger partial charge in [-0.25, -0.2) is 9.97 Å². The van der Waals surface area contributed by atoms with Crippen LogP contribution < -0.4 is 10.6 Å². The van der Waals surface area contributed by atoms with E-state index in [1.54, 1.807) is 18.5 Å². The molecule has 0 saturated heterocycles. The van der Waals surface area contributed by atoms with Gasteiger partial charge in [0.05, 0.1) is 12.1 Å². The first kappa shape index (κ1) is 21.7. The second-order valence-corrected chi connectivity index (χ2v) is 7.49. The molecule has 0 aromatic carbocycles. The summed E-state index contributed by atoms with van der Waals surface area (Å²) < 4.78 is 42.3. The van der Waals surface area contributed by atoms with E-state index in [1.807, 2.05) is 6.92 Å². The Kier molecular flexibility index (Phi) is 8.62. The molecule has 1 amide bonds. The Labute approximate surface area is 161 Å². The normalized spacial score (nSPS) is 23.0. The first-order chi connectivity index (χ1) is 12.9. The molecule has 1 aliphatic carbocycles. The molecule has 1 heterocycles. The Hall–Kier alpha value is -1.55. The quantitative estimate of drug-likeness (QED) is 0.614. The lowest BCUT2D eigenvalue weighted by molar-refractivity contribution is -0.128. The van der Waals surface area contributed by atoms with Crippen LogP contribution in [0.2, 0.25) is 0 Å². The highest BCUT2D eigenvalue weighted by Crippen LogP contribution is 2.30. The minimum absolute atomic E-state index is 0.000469. The Morgan fingerprint density at radius 2 is 2.07 bits per heavy atom. The molecule has 1 aromatic rings. The Morgan fingerprint density at radius 1 is 1.33 bits per heavy atom. The van der Waals surface area contributed by atoms with Gasteiger partial charge in [-0.05, 0) is 43.5 Å². The predicted octanol–water partition coefficient (Wildman–Crippen LogP) is 3.22. The van der Waals surface area contributed by atoms with Gasteiger partial charge in [0.25, 0.3) is 0 Å². The number of carbonyl (C=O) groups is 1. The molecule has 152 valence electrons. The number of ether oxygens (including phenoxy) is 1. The molecule has 0 radical (unpaired) electrons. The van der Waals surface area contributed by atoms with Crippen molar-refractivity contribution >= 4 is 23.6 Å². The Bertz CT molecular complexity index is 577. The van der Waals surface area contributed by atoms with Gasteiger partial charge in [0.15, 0.2) is 0 Å². The number of alkyl halides is 3. The van der Waals surface area contributed by atoms with Gasteiger partial charge in [0, 0.05) is 37.2 Å². The predicted molar refractivity (Wildman–Crippen MR) is 98.3 cm³/mol. The zero-order chi connectivity index (χ0) is 19.7. The van der Waals surface area contributed by atoms with E-state index < -0.39 is 5.51 Å². The molecule has 3 atom stereocenters. The molecule has 0 unspecified atom stereocenters. The van der Waals surface area contributed by atoms with Crippen molar-refractivity contribution < 1.29 is 22.7 Å². The van der Waals surface area contributed by atoms with Crippen molar-refractivity contribution in [1.82, 2.24) is 15.3 Å². The third-order valence-electron chi connectivity index (χ3n) is 4.25. The number of carbonyl (C=O) groups excluding carboxylic acids is 1. The standard InChI is InChI=1S/C17H25F3N4O2S/c1-2-9-26-14-11-12(15(25)21-8-10-27-17(18,19)20)4-5-13(14)24-16-22-6-3-7-23-16/h3,6-7,12-14H,2,4-5,8-11H2,1H3,(H,21,25)(H,22,23,24)/t12-,13-,14-/m0/s1. The van der Waals surface area contributed by atoms with Gasteiger partial charge in [-0.2, -0.15) is 13.2 Å². The maximum atomic E-state index is 12.3. The zero-order valence-corrected chi connectivity index (χ0v) is 16.0. The molecule has 1 aliphatic rings. The van der Waals surface area contributed by atoms with E-state index >= 15 is 0 Å². The second kappa shape index (κ2) is 10.7. The summed E-state index contributed by atoms with van der Waals surface area (Å²) in [5.41, 5.74) is -4.27. The van der Waals surface area contributed by atoms with Crippen LogP contribution in [0.1, 0.15) is 32.6 Å². The third-order valence-corrected chi connectivity index (χ3v) is 4.98. The van der Waals surface area contributed by atoms with E-state index in [4.69, 9.17) is 4.74 Å². The molecule has 0 aliphatic heterocycles. The molecule has 27 heavy (non-hydrogen) atoms.